The Labute approximate surface area is 218 Å². The Morgan fingerprint density at radius 3 is 2.24 bits per heavy atom. The molecule has 2 aromatic rings. The molecule has 194 valence electrons. The van der Waals surface area contributed by atoms with E-state index in [-0.39, 0.29) is 34.3 Å². The van der Waals surface area contributed by atoms with Crippen LogP contribution in [0.2, 0.25) is 5.02 Å². The molecule has 10 nitrogen and oxygen atoms in total. The van der Waals surface area contributed by atoms with Crippen LogP contribution in [0.5, 0.6) is 0 Å². The van der Waals surface area contributed by atoms with Crippen molar-refractivity contribution in [2.24, 2.45) is 0 Å². The molecule has 1 aliphatic carbocycles. The average molecular weight is 528 g/mol. The third-order valence-corrected chi connectivity index (χ3v) is 7.17. The van der Waals surface area contributed by atoms with Gasteiger partial charge in [0.2, 0.25) is 5.91 Å². The summed E-state index contributed by atoms with van der Waals surface area (Å²) < 4.78 is 4.69. The molecule has 1 heterocycles. The number of ether oxygens (including phenoxy) is 1. The molecule has 2 aromatic carbocycles. The molecule has 0 aromatic heterocycles. The van der Waals surface area contributed by atoms with Gasteiger partial charge in [-0.15, -0.1) is 0 Å². The van der Waals surface area contributed by atoms with Crippen molar-refractivity contribution in [3.63, 3.8) is 0 Å². The Bertz CT molecular complexity index is 1240. The van der Waals surface area contributed by atoms with E-state index in [2.05, 4.69) is 4.74 Å². The molecular formula is C26H26ClN3O7. The van der Waals surface area contributed by atoms with Crippen molar-refractivity contribution in [3.05, 3.63) is 68.7 Å². The first kappa shape index (κ1) is 26.3. The van der Waals surface area contributed by atoms with Crippen molar-refractivity contribution >= 4 is 46.7 Å². The highest BCUT2D eigenvalue weighted by Gasteiger charge is 2.46. The number of hydrogen-bond donors (Lipinski definition) is 0. The van der Waals surface area contributed by atoms with E-state index in [1.54, 1.807) is 0 Å². The highest BCUT2D eigenvalue weighted by atomic mass is 35.5. The number of carbonyl (C=O) groups excluding carboxylic acids is 4. The van der Waals surface area contributed by atoms with E-state index in [1.165, 1.54) is 48.4 Å². The van der Waals surface area contributed by atoms with Crippen LogP contribution in [0.1, 0.15) is 65.7 Å². The Hall–Kier alpha value is -3.79. The van der Waals surface area contributed by atoms with E-state index in [0.29, 0.717) is 12.8 Å². The highest BCUT2D eigenvalue weighted by molar-refractivity contribution is 6.32. The summed E-state index contributed by atoms with van der Waals surface area (Å²) in [5, 5.41) is 11.3. The van der Waals surface area contributed by atoms with Gasteiger partial charge in [0.15, 0.2) is 0 Å². The van der Waals surface area contributed by atoms with Crippen LogP contribution in [-0.2, 0) is 14.3 Å². The molecule has 37 heavy (non-hydrogen) atoms. The number of nitrogens with zero attached hydrogens (tertiary/aromatic N) is 3. The minimum absolute atomic E-state index is 0.0291. The summed E-state index contributed by atoms with van der Waals surface area (Å²) in [6, 6.07) is 8.30. The van der Waals surface area contributed by atoms with E-state index in [1.807, 2.05) is 0 Å². The van der Waals surface area contributed by atoms with Crippen LogP contribution < -0.4 is 4.90 Å². The van der Waals surface area contributed by atoms with E-state index < -0.39 is 40.3 Å². The summed E-state index contributed by atoms with van der Waals surface area (Å²) in [4.78, 5) is 65.4. The first-order valence-corrected chi connectivity index (χ1v) is 12.4. The molecule has 0 spiro atoms. The number of hydrogen-bond acceptors (Lipinski definition) is 7. The second kappa shape index (κ2) is 11.1. The number of nitro benzene ring substituents is 1. The summed E-state index contributed by atoms with van der Waals surface area (Å²) in [5.74, 6) is -2.14. The average Bonchev–Trinajstić information content (AvgIpc) is 3.05. The van der Waals surface area contributed by atoms with Crippen molar-refractivity contribution in [3.8, 4) is 0 Å². The fourth-order valence-corrected chi connectivity index (χ4v) is 5.19. The fourth-order valence-electron chi connectivity index (χ4n) is 5.00. The molecule has 1 unspecified atom stereocenters. The molecular weight excluding hydrogens is 502 g/mol. The fraction of sp³-hybridized carbons (Fsp3) is 0.385. The Morgan fingerprint density at radius 1 is 1.03 bits per heavy atom. The van der Waals surface area contributed by atoms with Gasteiger partial charge in [0.25, 0.3) is 17.5 Å². The maximum Gasteiger partial charge on any atom is 0.337 e. The highest BCUT2D eigenvalue weighted by Crippen LogP contribution is 2.33. The van der Waals surface area contributed by atoms with Crippen LogP contribution in [0.15, 0.2) is 42.5 Å². The van der Waals surface area contributed by atoms with E-state index >= 15 is 0 Å². The topological polar surface area (TPSA) is 127 Å². The lowest BCUT2D eigenvalue weighted by Crippen LogP contribution is -2.50. The van der Waals surface area contributed by atoms with Gasteiger partial charge in [-0.2, -0.15) is 0 Å². The number of esters is 1. The van der Waals surface area contributed by atoms with Crippen LogP contribution in [0.4, 0.5) is 11.4 Å². The van der Waals surface area contributed by atoms with Crippen LogP contribution in [0, 0.1) is 10.1 Å². The van der Waals surface area contributed by atoms with E-state index in [9.17, 15) is 29.3 Å². The maximum atomic E-state index is 13.8. The molecule has 4 rings (SSSR count). The second-order valence-corrected chi connectivity index (χ2v) is 9.51. The summed E-state index contributed by atoms with van der Waals surface area (Å²) in [5.41, 5.74) is 0.165. The summed E-state index contributed by atoms with van der Waals surface area (Å²) in [6.07, 6.45) is 4.84. The van der Waals surface area contributed by atoms with Crippen LogP contribution >= 0.6 is 11.6 Å². The third kappa shape index (κ3) is 5.34. The van der Waals surface area contributed by atoms with Gasteiger partial charge in [-0.1, -0.05) is 37.3 Å². The SMILES string of the molecule is COC(=O)c1ccc(N2C(=O)CC(N(C(=O)c3ccc(Cl)c([N+](=O)[O-])c3)C3CCCCCC3)C2=O)cc1. The van der Waals surface area contributed by atoms with Gasteiger partial charge in [-0.25, -0.2) is 9.69 Å². The predicted octanol–water partition coefficient (Wildman–Crippen LogP) is 4.53. The van der Waals surface area contributed by atoms with Crippen molar-refractivity contribution in [2.75, 3.05) is 12.0 Å². The summed E-state index contributed by atoms with van der Waals surface area (Å²) >= 11 is 5.94. The molecule has 11 heteroatoms. The van der Waals surface area contributed by atoms with Gasteiger partial charge in [0, 0.05) is 17.7 Å². The van der Waals surface area contributed by atoms with Crippen LogP contribution in [0.3, 0.4) is 0 Å². The lowest BCUT2D eigenvalue weighted by molar-refractivity contribution is -0.384. The van der Waals surface area contributed by atoms with Gasteiger partial charge >= 0.3 is 5.97 Å². The minimum atomic E-state index is -1.06. The number of halogens is 1. The first-order valence-electron chi connectivity index (χ1n) is 12.0. The maximum absolute atomic E-state index is 13.8. The number of rotatable bonds is 6. The molecule has 2 fully saturated rings. The molecule has 0 bridgehead atoms. The molecule has 1 saturated carbocycles. The Kier molecular flexibility index (Phi) is 7.87. The van der Waals surface area contributed by atoms with Crippen LogP contribution in [0.25, 0.3) is 0 Å². The molecule has 1 atom stereocenters. The first-order chi connectivity index (χ1) is 17.7. The number of amides is 3. The molecule has 0 radical (unpaired) electrons. The van der Waals surface area contributed by atoms with Gasteiger partial charge in [-0.3, -0.25) is 24.5 Å². The number of anilines is 1. The van der Waals surface area contributed by atoms with Gasteiger partial charge < -0.3 is 9.64 Å². The molecule has 1 saturated heterocycles. The molecule has 1 aliphatic heterocycles. The zero-order valence-electron chi connectivity index (χ0n) is 20.2. The number of nitro groups is 1. The van der Waals surface area contributed by atoms with Crippen molar-refractivity contribution in [1.29, 1.82) is 0 Å². The molecule has 3 amide bonds. The summed E-state index contributed by atoms with van der Waals surface area (Å²) in [7, 11) is 1.25. The predicted molar refractivity (Wildman–Crippen MR) is 134 cm³/mol. The second-order valence-electron chi connectivity index (χ2n) is 9.11. The third-order valence-electron chi connectivity index (χ3n) is 6.85. The normalized spacial score (nSPS) is 18.4. The van der Waals surface area contributed by atoms with Gasteiger partial charge in [0.05, 0.1) is 29.7 Å². The van der Waals surface area contributed by atoms with E-state index in [4.69, 9.17) is 11.6 Å². The van der Waals surface area contributed by atoms with Crippen molar-refractivity contribution in [2.45, 2.75) is 57.0 Å². The van der Waals surface area contributed by atoms with Gasteiger partial charge in [0.1, 0.15) is 11.1 Å². The zero-order valence-corrected chi connectivity index (χ0v) is 21.0. The lowest BCUT2D eigenvalue weighted by atomic mass is 10.0. The smallest absolute Gasteiger partial charge is 0.337 e. The standard InChI is InChI=1S/C26H26ClN3O7/c1-37-26(34)16-8-11-19(12-9-16)29-23(31)15-22(25(29)33)28(18-6-4-2-3-5-7-18)24(32)17-10-13-20(27)21(14-17)30(35)36/h8-14,18,22H,2-7,15H2,1H3. The molecule has 0 N–H and O–H groups in total. The zero-order chi connectivity index (χ0) is 26.7. The minimum Gasteiger partial charge on any atom is -0.465 e. The number of benzene rings is 2. The lowest BCUT2D eigenvalue weighted by Gasteiger charge is -2.35. The monoisotopic (exact) mass is 527 g/mol. The summed E-state index contributed by atoms with van der Waals surface area (Å²) in [6.45, 7) is 0. The van der Waals surface area contributed by atoms with Crippen molar-refractivity contribution < 1.29 is 28.8 Å². The molecule has 2 aliphatic rings. The number of imide groups is 1. The number of carbonyl (C=O) groups is 4. The Morgan fingerprint density at radius 2 is 1.65 bits per heavy atom. The largest absolute Gasteiger partial charge is 0.465 e. The van der Waals surface area contributed by atoms with Crippen molar-refractivity contribution in [1.82, 2.24) is 4.90 Å². The number of methoxy groups -OCH3 is 1. The Balaban J connectivity index is 1.69. The quantitative estimate of drug-likeness (QED) is 0.177. The van der Waals surface area contributed by atoms with Gasteiger partial charge in [-0.05, 0) is 49.2 Å². The van der Waals surface area contributed by atoms with Crippen LogP contribution in [-0.4, -0.2) is 52.7 Å². The van der Waals surface area contributed by atoms with E-state index in [0.717, 1.165) is 36.6 Å².